The Kier molecular flexibility index (Phi) is 12.5. The fourth-order valence-corrected chi connectivity index (χ4v) is 1.78. The summed E-state index contributed by atoms with van der Waals surface area (Å²) in [5, 5.41) is 6.57. The molecule has 0 saturated carbocycles. The van der Waals surface area contributed by atoms with Crippen molar-refractivity contribution in [3.8, 4) is 0 Å². The Hall–Kier alpha value is -0.340. The molecular weight excluding hydrogens is 357 g/mol. The number of nitrogens with one attached hydrogen (secondary N) is 2. The van der Waals surface area contributed by atoms with Gasteiger partial charge in [0, 0.05) is 33.9 Å². The Bertz CT molecular complexity index is 283. The molecule has 0 radical (unpaired) electrons. The largest absolute Gasteiger partial charge is 0.385 e. The van der Waals surface area contributed by atoms with Crippen LogP contribution in [0.25, 0.3) is 0 Å². The molecule has 2 N–H and O–H groups in total. The maximum atomic E-state index is 5.28. The molecule has 0 aromatic carbocycles. The van der Waals surface area contributed by atoms with Gasteiger partial charge in [-0.15, -0.1) is 24.0 Å². The molecule has 0 aromatic heterocycles. The van der Waals surface area contributed by atoms with Crippen molar-refractivity contribution in [1.82, 2.24) is 10.6 Å². The van der Waals surface area contributed by atoms with Gasteiger partial charge in [-0.3, -0.25) is 4.99 Å². The van der Waals surface area contributed by atoms with Crippen LogP contribution >= 0.6 is 24.0 Å². The summed E-state index contributed by atoms with van der Waals surface area (Å²) in [7, 11) is 3.51. The first kappa shape index (κ1) is 18.7. The van der Waals surface area contributed by atoms with E-state index in [1.807, 2.05) is 0 Å². The van der Waals surface area contributed by atoms with Gasteiger partial charge in [-0.2, -0.15) is 0 Å². The lowest BCUT2D eigenvalue weighted by Crippen LogP contribution is -2.38. The summed E-state index contributed by atoms with van der Waals surface area (Å²) in [6.07, 6.45) is 5.28. The van der Waals surface area contributed by atoms with Crippen molar-refractivity contribution in [2.24, 2.45) is 4.99 Å². The second-order valence-corrected chi connectivity index (χ2v) is 4.21. The molecule has 0 atom stereocenters. The van der Waals surface area contributed by atoms with E-state index >= 15 is 0 Å². The fourth-order valence-electron chi connectivity index (χ4n) is 1.78. The third-order valence-corrected chi connectivity index (χ3v) is 2.84. The topological polar surface area (TPSA) is 54.9 Å². The molecule has 0 bridgehead atoms. The van der Waals surface area contributed by atoms with E-state index in [1.54, 1.807) is 14.2 Å². The van der Waals surface area contributed by atoms with E-state index in [4.69, 9.17) is 9.47 Å². The van der Waals surface area contributed by atoms with Crippen molar-refractivity contribution in [2.45, 2.75) is 19.3 Å². The molecule has 0 saturated heterocycles. The number of hydrogen-bond donors (Lipinski definition) is 2. The van der Waals surface area contributed by atoms with Gasteiger partial charge in [-0.1, -0.05) is 11.6 Å². The Morgan fingerprint density at radius 2 is 2.21 bits per heavy atom. The molecule has 0 unspecified atom stereocenters. The number of guanidine groups is 1. The highest BCUT2D eigenvalue weighted by Crippen LogP contribution is 2.10. The number of rotatable bonds is 7. The predicted octanol–water partition coefficient (Wildman–Crippen LogP) is 1.54. The lowest BCUT2D eigenvalue weighted by atomic mass is 10.1. The quantitative estimate of drug-likeness (QED) is 0.230. The highest BCUT2D eigenvalue weighted by molar-refractivity contribution is 14.0. The van der Waals surface area contributed by atoms with Crippen molar-refractivity contribution in [2.75, 3.05) is 47.1 Å². The van der Waals surface area contributed by atoms with Crippen molar-refractivity contribution in [3.05, 3.63) is 11.6 Å². The minimum absolute atomic E-state index is 0. The van der Waals surface area contributed by atoms with Gasteiger partial charge in [0.25, 0.3) is 0 Å². The first-order valence-electron chi connectivity index (χ1n) is 6.56. The van der Waals surface area contributed by atoms with Crippen molar-refractivity contribution in [3.63, 3.8) is 0 Å². The molecule has 1 heterocycles. The van der Waals surface area contributed by atoms with E-state index < -0.39 is 0 Å². The third-order valence-electron chi connectivity index (χ3n) is 2.84. The van der Waals surface area contributed by atoms with E-state index in [-0.39, 0.29) is 24.0 Å². The summed E-state index contributed by atoms with van der Waals surface area (Å²) in [5.74, 6) is 0.860. The molecule has 5 nitrogen and oxygen atoms in total. The number of halogens is 1. The van der Waals surface area contributed by atoms with E-state index in [0.29, 0.717) is 0 Å². The average molecular weight is 383 g/mol. The number of aliphatic imine (C=N–C) groups is 1. The Morgan fingerprint density at radius 3 is 2.84 bits per heavy atom. The zero-order valence-electron chi connectivity index (χ0n) is 11.9. The third kappa shape index (κ3) is 9.23. The van der Waals surface area contributed by atoms with Gasteiger partial charge < -0.3 is 20.1 Å². The summed E-state index contributed by atoms with van der Waals surface area (Å²) in [6.45, 7) is 4.19. The Balaban J connectivity index is 0.00000324. The monoisotopic (exact) mass is 383 g/mol. The number of ether oxygens (including phenoxy) is 2. The van der Waals surface area contributed by atoms with Crippen LogP contribution < -0.4 is 10.6 Å². The number of hydrogen-bond acceptors (Lipinski definition) is 3. The SMILES string of the molecule is CN=C(NCCCOC)NCCC1=CCOCC1.I. The highest BCUT2D eigenvalue weighted by atomic mass is 127. The lowest BCUT2D eigenvalue weighted by molar-refractivity contribution is 0.153. The molecule has 1 aliphatic rings. The maximum absolute atomic E-state index is 5.28. The van der Waals surface area contributed by atoms with E-state index in [2.05, 4.69) is 21.7 Å². The van der Waals surface area contributed by atoms with Gasteiger partial charge in [0.15, 0.2) is 5.96 Å². The molecule has 0 spiro atoms. The van der Waals surface area contributed by atoms with Crippen LogP contribution in [0.15, 0.2) is 16.6 Å². The smallest absolute Gasteiger partial charge is 0.190 e. The van der Waals surface area contributed by atoms with Crippen LogP contribution in [0, 0.1) is 0 Å². The molecule has 19 heavy (non-hydrogen) atoms. The van der Waals surface area contributed by atoms with Crippen LogP contribution in [0.5, 0.6) is 0 Å². The molecule has 6 heteroatoms. The second kappa shape index (κ2) is 12.7. The predicted molar refractivity (Wildman–Crippen MR) is 89.4 cm³/mol. The zero-order chi connectivity index (χ0) is 13.1. The lowest BCUT2D eigenvalue weighted by Gasteiger charge is -2.15. The van der Waals surface area contributed by atoms with E-state index in [1.165, 1.54) is 5.57 Å². The minimum atomic E-state index is 0. The van der Waals surface area contributed by atoms with E-state index in [9.17, 15) is 0 Å². The van der Waals surface area contributed by atoms with Crippen LogP contribution in [0.1, 0.15) is 19.3 Å². The molecule has 112 valence electrons. The molecule has 0 amide bonds. The molecule has 0 aromatic rings. The first-order valence-corrected chi connectivity index (χ1v) is 6.56. The zero-order valence-corrected chi connectivity index (χ0v) is 14.2. The first-order chi connectivity index (χ1) is 8.86. The summed E-state index contributed by atoms with van der Waals surface area (Å²) >= 11 is 0. The van der Waals surface area contributed by atoms with Gasteiger partial charge >= 0.3 is 0 Å². The summed E-state index contributed by atoms with van der Waals surface area (Å²) in [6, 6.07) is 0. The van der Waals surface area contributed by atoms with Gasteiger partial charge in [0.1, 0.15) is 0 Å². The Morgan fingerprint density at radius 1 is 1.42 bits per heavy atom. The van der Waals surface area contributed by atoms with Gasteiger partial charge in [0.05, 0.1) is 13.2 Å². The average Bonchev–Trinajstić information content (AvgIpc) is 2.42. The molecular formula is C13H26IN3O2. The number of nitrogens with zero attached hydrogens (tertiary/aromatic N) is 1. The number of methoxy groups -OCH3 is 1. The van der Waals surface area contributed by atoms with E-state index in [0.717, 1.165) is 58.1 Å². The maximum Gasteiger partial charge on any atom is 0.190 e. The molecule has 1 aliphatic heterocycles. The van der Waals surface area contributed by atoms with Crippen LogP contribution in [-0.2, 0) is 9.47 Å². The summed E-state index contributed by atoms with van der Waals surface area (Å²) in [4.78, 5) is 4.18. The van der Waals surface area contributed by atoms with Crippen molar-refractivity contribution in [1.29, 1.82) is 0 Å². The standard InChI is InChI=1S/C13H25N3O2.HI/c1-14-13(15-7-3-9-17-2)16-8-4-12-5-10-18-11-6-12;/h5H,3-4,6-11H2,1-2H3,(H2,14,15,16);1H. The van der Waals surface area contributed by atoms with Crippen LogP contribution in [0.3, 0.4) is 0 Å². The summed E-state index contributed by atoms with van der Waals surface area (Å²) in [5.41, 5.74) is 1.48. The van der Waals surface area contributed by atoms with Gasteiger partial charge in [-0.05, 0) is 19.3 Å². The second-order valence-electron chi connectivity index (χ2n) is 4.21. The van der Waals surface area contributed by atoms with Gasteiger partial charge in [-0.25, -0.2) is 0 Å². The van der Waals surface area contributed by atoms with Gasteiger partial charge in [0.2, 0.25) is 0 Å². The normalized spacial score (nSPS) is 15.5. The molecule has 0 fully saturated rings. The van der Waals surface area contributed by atoms with Crippen LogP contribution in [0.2, 0.25) is 0 Å². The van der Waals surface area contributed by atoms with Crippen LogP contribution in [-0.4, -0.2) is 53.0 Å². The van der Waals surface area contributed by atoms with Crippen LogP contribution in [0.4, 0.5) is 0 Å². The molecule has 0 aliphatic carbocycles. The van der Waals surface area contributed by atoms with Crippen molar-refractivity contribution < 1.29 is 9.47 Å². The Labute approximate surface area is 133 Å². The highest BCUT2D eigenvalue weighted by Gasteiger charge is 2.03. The minimum Gasteiger partial charge on any atom is -0.385 e. The fraction of sp³-hybridized carbons (Fsp3) is 0.769. The van der Waals surface area contributed by atoms with Crippen molar-refractivity contribution >= 4 is 29.9 Å². The molecule has 1 rings (SSSR count). The summed E-state index contributed by atoms with van der Waals surface area (Å²) < 4.78 is 10.3.